The maximum absolute atomic E-state index is 13.1. The Balaban J connectivity index is 1.45. The average molecular weight is 406 g/mol. The van der Waals surface area contributed by atoms with Crippen molar-refractivity contribution in [2.45, 2.75) is 38.7 Å². The number of carbonyl (C=O) groups is 2. The highest BCUT2D eigenvalue weighted by Gasteiger charge is 2.36. The lowest BCUT2D eigenvalue weighted by molar-refractivity contribution is -0.0522. The van der Waals surface area contributed by atoms with Gasteiger partial charge in [-0.15, -0.1) is 0 Å². The molecular weight excluding hydrogens is 380 g/mol. The minimum Gasteiger partial charge on any atom is -0.370 e. The smallest absolute Gasteiger partial charge is 0.275 e. The van der Waals surface area contributed by atoms with Crippen LogP contribution in [0, 0.1) is 6.92 Å². The number of anilines is 1. The zero-order valence-corrected chi connectivity index (χ0v) is 17.4. The second-order valence-electron chi connectivity index (χ2n) is 8.02. The van der Waals surface area contributed by atoms with E-state index in [9.17, 15) is 9.59 Å². The molecule has 4 rings (SSSR count). The van der Waals surface area contributed by atoms with Crippen molar-refractivity contribution in [2.24, 2.45) is 0 Å². The SMILES string of the molecule is CC1=CC2(CCN(C(=O)c3ccc(C)c(NC(=O)c4cnccn4)c3)CC2)OCC1. The number of carbonyl (C=O) groups excluding carboxylic acids is 2. The first-order valence-electron chi connectivity index (χ1n) is 10.3. The number of likely N-dealkylation sites (tertiary alicyclic amines) is 1. The normalized spacial score (nSPS) is 18.1. The predicted octanol–water partition coefficient (Wildman–Crippen LogP) is 3.38. The van der Waals surface area contributed by atoms with E-state index in [1.165, 1.54) is 24.2 Å². The van der Waals surface area contributed by atoms with Gasteiger partial charge in [-0.05, 0) is 50.8 Å². The first kappa shape index (κ1) is 20.2. The summed E-state index contributed by atoms with van der Waals surface area (Å²) < 4.78 is 6.06. The van der Waals surface area contributed by atoms with Crippen LogP contribution < -0.4 is 5.32 Å². The molecule has 2 aromatic rings. The monoisotopic (exact) mass is 406 g/mol. The Morgan fingerprint density at radius 3 is 2.67 bits per heavy atom. The van der Waals surface area contributed by atoms with Gasteiger partial charge in [0.2, 0.25) is 0 Å². The van der Waals surface area contributed by atoms with Crippen LogP contribution in [-0.4, -0.2) is 52.0 Å². The summed E-state index contributed by atoms with van der Waals surface area (Å²) in [4.78, 5) is 35.3. The van der Waals surface area contributed by atoms with Gasteiger partial charge in [-0.2, -0.15) is 0 Å². The molecule has 0 radical (unpaired) electrons. The summed E-state index contributed by atoms with van der Waals surface area (Å²) in [6.45, 7) is 6.09. The van der Waals surface area contributed by atoms with Gasteiger partial charge in [-0.25, -0.2) is 4.98 Å². The molecule has 30 heavy (non-hydrogen) atoms. The van der Waals surface area contributed by atoms with Crippen LogP contribution in [0.4, 0.5) is 5.69 Å². The molecular formula is C23H26N4O3. The van der Waals surface area contributed by atoms with Gasteiger partial charge in [0.05, 0.1) is 18.4 Å². The summed E-state index contributed by atoms with van der Waals surface area (Å²) in [6, 6.07) is 5.39. The lowest BCUT2D eigenvalue weighted by atomic mass is 9.87. The fourth-order valence-electron chi connectivity index (χ4n) is 4.03. The molecule has 0 unspecified atom stereocenters. The number of ether oxygens (including phenoxy) is 1. The summed E-state index contributed by atoms with van der Waals surface area (Å²) in [7, 11) is 0. The van der Waals surface area contributed by atoms with Gasteiger partial charge < -0.3 is 15.0 Å². The van der Waals surface area contributed by atoms with Gasteiger partial charge in [0.25, 0.3) is 11.8 Å². The van der Waals surface area contributed by atoms with Crippen molar-refractivity contribution in [1.29, 1.82) is 0 Å². The maximum atomic E-state index is 13.1. The fraction of sp³-hybridized carbons (Fsp3) is 0.391. The molecule has 1 spiro atoms. The molecule has 7 nitrogen and oxygen atoms in total. The third kappa shape index (κ3) is 4.26. The van der Waals surface area contributed by atoms with Gasteiger partial charge in [0, 0.05) is 36.7 Å². The summed E-state index contributed by atoms with van der Waals surface area (Å²) >= 11 is 0. The maximum Gasteiger partial charge on any atom is 0.275 e. The van der Waals surface area contributed by atoms with Gasteiger partial charge >= 0.3 is 0 Å². The van der Waals surface area contributed by atoms with E-state index in [-0.39, 0.29) is 23.1 Å². The largest absolute Gasteiger partial charge is 0.370 e. The van der Waals surface area contributed by atoms with Crippen molar-refractivity contribution in [3.8, 4) is 0 Å². The van der Waals surface area contributed by atoms with Crippen LogP contribution in [0.3, 0.4) is 0 Å². The quantitative estimate of drug-likeness (QED) is 0.790. The van der Waals surface area contributed by atoms with Crippen molar-refractivity contribution < 1.29 is 14.3 Å². The van der Waals surface area contributed by atoms with Gasteiger partial charge in [0.15, 0.2) is 0 Å². The molecule has 3 heterocycles. The lowest BCUT2D eigenvalue weighted by Gasteiger charge is -2.42. The number of rotatable bonds is 3. The molecule has 0 atom stereocenters. The predicted molar refractivity (Wildman–Crippen MR) is 113 cm³/mol. The molecule has 1 N–H and O–H groups in total. The van der Waals surface area contributed by atoms with E-state index < -0.39 is 0 Å². The molecule has 2 amide bonds. The molecule has 1 aromatic carbocycles. The Bertz CT molecular complexity index is 979. The molecule has 156 valence electrons. The summed E-state index contributed by atoms with van der Waals surface area (Å²) in [5, 5.41) is 2.84. The number of piperidine rings is 1. The van der Waals surface area contributed by atoms with Crippen molar-refractivity contribution in [1.82, 2.24) is 14.9 Å². The molecule has 2 aliphatic rings. The van der Waals surface area contributed by atoms with E-state index in [1.54, 1.807) is 12.1 Å². The Morgan fingerprint density at radius 2 is 1.97 bits per heavy atom. The van der Waals surface area contributed by atoms with Crippen LogP contribution in [0.5, 0.6) is 0 Å². The standard InChI is InChI=1S/C23H26N4O3/c1-16-5-12-30-23(14-16)6-10-27(11-7-23)22(29)18-4-3-17(2)19(13-18)26-21(28)20-15-24-8-9-25-20/h3-4,8-9,13-15H,5-7,10-12H2,1-2H3,(H,26,28). The minimum atomic E-state index is -0.354. The second-order valence-corrected chi connectivity index (χ2v) is 8.02. The second kappa shape index (κ2) is 8.36. The summed E-state index contributed by atoms with van der Waals surface area (Å²) in [5.74, 6) is -0.385. The zero-order chi connectivity index (χ0) is 21.1. The number of aryl methyl sites for hydroxylation is 1. The third-order valence-electron chi connectivity index (χ3n) is 5.82. The van der Waals surface area contributed by atoms with Crippen LogP contribution in [0.15, 0.2) is 48.4 Å². The molecule has 1 saturated heterocycles. The van der Waals surface area contributed by atoms with E-state index in [2.05, 4.69) is 28.3 Å². The topological polar surface area (TPSA) is 84.4 Å². The highest BCUT2D eigenvalue weighted by atomic mass is 16.5. The Hall–Kier alpha value is -3.06. The van der Waals surface area contributed by atoms with Crippen LogP contribution in [0.25, 0.3) is 0 Å². The summed E-state index contributed by atoms with van der Waals surface area (Å²) in [5.41, 5.74) is 3.40. The van der Waals surface area contributed by atoms with Gasteiger partial charge in [0.1, 0.15) is 5.69 Å². The van der Waals surface area contributed by atoms with E-state index in [4.69, 9.17) is 4.74 Å². The Kier molecular flexibility index (Phi) is 5.63. The first-order valence-corrected chi connectivity index (χ1v) is 10.3. The third-order valence-corrected chi connectivity index (χ3v) is 5.82. The number of aromatic nitrogens is 2. The molecule has 0 aliphatic carbocycles. The highest BCUT2D eigenvalue weighted by molar-refractivity contribution is 6.04. The van der Waals surface area contributed by atoms with Crippen molar-refractivity contribution in [2.75, 3.05) is 25.0 Å². The number of benzene rings is 1. The Labute approximate surface area is 176 Å². The van der Waals surface area contributed by atoms with Gasteiger partial charge in [-0.3, -0.25) is 14.6 Å². The van der Waals surface area contributed by atoms with E-state index >= 15 is 0 Å². The number of hydrogen-bond donors (Lipinski definition) is 1. The van der Waals surface area contributed by atoms with Crippen LogP contribution in [-0.2, 0) is 4.74 Å². The number of hydrogen-bond acceptors (Lipinski definition) is 5. The molecule has 0 saturated carbocycles. The number of nitrogens with zero attached hydrogens (tertiary/aromatic N) is 3. The van der Waals surface area contributed by atoms with Crippen molar-refractivity contribution in [3.63, 3.8) is 0 Å². The van der Waals surface area contributed by atoms with Crippen LogP contribution in [0.1, 0.15) is 52.6 Å². The first-order chi connectivity index (χ1) is 14.5. The highest BCUT2D eigenvalue weighted by Crippen LogP contribution is 2.33. The molecule has 7 heteroatoms. The average Bonchev–Trinajstić information content (AvgIpc) is 2.76. The molecule has 0 bridgehead atoms. The van der Waals surface area contributed by atoms with Crippen LogP contribution in [0.2, 0.25) is 0 Å². The number of nitrogens with one attached hydrogen (secondary N) is 1. The van der Waals surface area contributed by atoms with E-state index in [0.29, 0.717) is 24.3 Å². The summed E-state index contributed by atoms with van der Waals surface area (Å²) in [6.07, 6.45) is 9.22. The molecule has 1 fully saturated rings. The van der Waals surface area contributed by atoms with E-state index in [1.807, 2.05) is 17.9 Å². The molecule has 1 aromatic heterocycles. The van der Waals surface area contributed by atoms with E-state index in [0.717, 1.165) is 31.4 Å². The number of amides is 2. The fourth-order valence-corrected chi connectivity index (χ4v) is 4.03. The van der Waals surface area contributed by atoms with Crippen LogP contribution >= 0.6 is 0 Å². The lowest BCUT2D eigenvalue weighted by Crippen LogP contribution is -2.48. The minimum absolute atomic E-state index is 0.0311. The van der Waals surface area contributed by atoms with Gasteiger partial charge in [-0.1, -0.05) is 17.7 Å². The van der Waals surface area contributed by atoms with Crippen molar-refractivity contribution in [3.05, 3.63) is 65.3 Å². The molecule has 2 aliphatic heterocycles. The zero-order valence-electron chi connectivity index (χ0n) is 17.4. The van der Waals surface area contributed by atoms with Crippen molar-refractivity contribution >= 4 is 17.5 Å². The Morgan fingerprint density at radius 1 is 1.17 bits per heavy atom.